The molecule has 0 saturated heterocycles. The SMILES string of the molecule is CCOC(=O)c1cn(N)nc1-c1ccc(I)cc1. The zero-order valence-corrected chi connectivity index (χ0v) is 11.9. The van der Waals surface area contributed by atoms with Crippen LogP contribution in [-0.2, 0) is 4.74 Å². The van der Waals surface area contributed by atoms with Gasteiger partial charge in [-0.3, -0.25) is 0 Å². The number of hydrogen-bond acceptors (Lipinski definition) is 4. The van der Waals surface area contributed by atoms with Crippen molar-refractivity contribution in [3.63, 3.8) is 0 Å². The smallest absolute Gasteiger partial charge is 0.342 e. The molecule has 2 N–H and O–H groups in total. The maximum absolute atomic E-state index is 11.8. The molecule has 1 aromatic carbocycles. The van der Waals surface area contributed by atoms with Crippen LogP contribution >= 0.6 is 22.6 Å². The number of benzene rings is 1. The Balaban J connectivity index is 2.44. The lowest BCUT2D eigenvalue weighted by Crippen LogP contribution is -2.08. The molecule has 2 aromatic rings. The molecule has 0 radical (unpaired) electrons. The minimum absolute atomic E-state index is 0.320. The summed E-state index contributed by atoms with van der Waals surface area (Å²) in [6.07, 6.45) is 1.46. The molecule has 5 nitrogen and oxygen atoms in total. The van der Waals surface area contributed by atoms with Gasteiger partial charge in [-0.1, -0.05) is 12.1 Å². The summed E-state index contributed by atoms with van der Waals surface area (Å²) in [4.78, 5) is 12.9. The van der Waals surface area contributed by atoms with Gasteiger partial charge < -0.3 is 10.6 Å². The number of aromatic nitrogens is 2. The summed E-state index contributed by atoms with van der Waals surface area (Å²) in [5.41, 5.74) is 1.75. The molecule has 0 spiro atoms. The second kappa shape index (κ2) is 5.38. The lowest BCUT2D eigenvalue weighted by atomic mass is 10.1. The van der Waals surface area contributed by atoms with Crippen LogP contribution in [0.4, 0.5) is 0 Å². The molecule has 0 aliphatic carbocycles. The van der Waals surface area contributed by atoms with Crippen molar-refractivity contribution in [2.24, 2.45) is 0 Å². The Labute approximate surface area is 118 Å². The van der Waals surface area contributed by atoms with Gasteiger partial charge in [0, 0.05) is 9.13 Å². The van der Waals surface area contributed by atoms with Crippen LogP contribution < -0.4 is 5.84 Å². The van der Waals surface area contributed by atoms with E-state index < -0.39 is 5.97 Å². The maximum Gasteiger partial charge on any atom is 0.342 e. The first-order valence-electron chi connectivity index (χ1n) is 5.39. The standard InChI is InChI=1S/C12H12IN3O2/c1-2-18-12(17)10-7-16(14)15-11(10)8-3-5-9(13)6-4-8/h3-7H,2,14H2,1H3. The fourth-order valence-electron chi connectivity index (χ4n) is 1.57. The summed E-state index contributed by atoms with van der Waals surface area (Å²) in [7, 11) is 0. The minimum atomic E-state index is -0.414. The number of carbonyl (C=O) groups excluding carboxylic acids is 1. The van der Waals surface area contributed by atoms with Gasteiger partial charge in [0.25, 0.3) is 0 Å². The van der Waals surface area contributed by atoms with Crippen LogP contribution in [0.5, 0.6) is 0 Å². The number of carbonyl (C=O) groups is 1. The average Bonchev–Trinajstić information content (AvgIpc) is 2.73. The third kappa shape index (κ3) is 2.63. The van der Waals surface area contributed by atoms with Gasteiger partial charge >= 0.3 is 5.97 Å². The second-order valence-corrected chi connectivity index (χ2v) is 4.84. The molecule has 94 valence electrons. The summed E-state index contributed by atoms with van der Waals surface area (Å²) < 4.78 is 6.09. The highest BCUT2D eigenvalue weighted by Crippen LogP contribution is 2.23. The highest BCUT2D eigenvalue weighted by atomic mass is 127. The topological polar surface area (TPSA) is 70.1 Å². The second-order valence-electron chi connectivity index (χ2n) is 3.60. The number of nitrogen functional groups attached to an aromatic ring is 1. The Morgan fingerprint density at radius 1 is 1.44 bits per heavy atom. The summed E-state index contributed by atoms with van der Waals surface area (Å²) in [6.45, 7) is 2.08. The van der Waals surface area contributed by atoms with Crippen LogP contribution in [0.25, 0.3) is 11.3 Å². The zero-order valence-electron chi connectivity index (χ0n) is 9.76. The van der Waals surface area contributed by atoms with Gasteiger partial charge in [0.05, 0.1) is 12.8 Å². The minimum Gasteiger partial charge on any atom is -0.462 e. The van der Waals surface area contributed by atoms with Crippen LogP contribution in [0.2, 0.25) is 0 Å². The molecule has 0 atom stereocenters. The molecule has 0 bridgehead atoms. The number of rotatable bonds is 3. The van der Waals surface area contributed by atoms with E-state index in [1.807, 2.05) is 24.3 Å². The predicted octanol–water partition coefficient (Wildman–Crippen LogP) is 2.05. The van der Waals surface area contributed by atoms with Crippen molar-refractivity contribution in [3.8, 4) is 11.3 Å². The summed E-state index contributed by atoms with van der Waals surface area (Å²) in [6, 6.07) is 7.68. The first kappa shape index (κ1) is 12.9. The predicted molar refractivity (Wildman–Crippen MR) is 76.5 cm³/mol. The molecule has 0 amide bonds. The Bertz CT molecular complexity index is 563. The van der Waals surface area contributed by atoms with Gasteiger partial charge in [0.1, 0.15) is 11.3 Å². The number of halogens is 1. The van der Waals surface area contributed by atoms with Gasteiger partial charge in [-0.2, -0.15) is 9.89 Å². The van der Waals surface area contributed by atoms with Gasteiger partial charge in [0.15, 0.2) is 0 Å². The number of esters is 1. The van der Waals surface area contributed by atoms with Crippen LogP contribution in [0.15, 0.2) is 30.5 Å². The van der Waals surface area contributed by atoms with Crippen molar-refractivity contribution in [1.82, 2.24) is 9.89 Å². The van der Waals surface area contributed by atoms with E-state index in [2.05, 4.69) is 27.7 Å². The zero-order chi connectivity index (χ0) is 13.1. The third-order valence-corrected chi connectivity index (χ3v) is 3.06. The van der Waals surface area contributed by atoms with E-state index in [0.717, 1.165) is 13.9 Å². The molecule has 0 aliphatic rings. The Morgan fingerprint density at radius 3 is 2.72 bits per heavy atom. The number of nitrogens with two attached hydrogens (primary N) is 1. The van der Waals surface area contributed by atoms with E-state index in [1.54, 1.807) is 6.92 Å². The molecule has 6 heteroatoms. The molecule has 2 rings (SSSR count). The normalized spacial score (nSPS) is 10.3. The van der Waals surface area contributed by atoms with Crippen LogP contribution in [0.3, 0.4) is 0 Å². The molecular formula is C12H12IN3O2. The molecular weight excluding hydrogens is 345 g/mol. The number of hydrogen-bond donors (Lipinski definition) is 1. The lowest BCUT2D eigenvalue weighted by molar-refractivity contribution is 0.0527. The van der Waals surface area contributed by atoms with Crippen molar-refractivity contribution in [1.29, 1.82) is 0 Å². The van der Waals surface area contributed by atoms with Crippen LogP contribution in [0.1, 0.15) is 17.3 Å². The number of ether oxygens (including phenoxy) is 1. The summed E-state index contributed by atoms with van der Waals surface area (Å²) >= 11 is 2.21. The van der Waals surface area contributed by atoms with E-state index in [4.69, 9.17) is 10.6 Å². The quantitative estimate of drug-likeness (QED) is 0.519. The Morgan fingerprint density at radius 2 is 2.11 bits per heavy atom. The largest absolute Gasteiger partial charge is 0.462 e. The van der Waals surface area contributed by atoms with Gasteiger partial charge in [-0.05, 0) is 41.6 Å². The van der Waals surface area contributed by atoms with Crippen molar-refractivity contribution in [2.45, 2.75) is 6.92 Å². The molecule has 0 aliphatic heterocycles. The van der Waals surface area contributed by atoms with E-state index in [1.165, 1.54) is 6.20 Å². The fourth-order valence-corrected chi connectivity index (χ4v) is 1.93. The first-order valence-corrected chi connectivity index (χ1v) is 6.47. The van der Waals surface area contributed by atoms with E-state index in [9.17, 15) is 4.79 Å². The first-order chi connectivity index (χ1) is 8.61. The third-order valence-electron chi connectivity index (χ3n) is 2.34. The highest BCUT2D eigenvalue weighted by molar-refractivity contribution is 14.1. The monoisotopic (exact) mass is 357 g/mol. The molecule has 1 heterocycles. The van der Waals surface area contributed by atoms with Crippen molar-refractivity contribution in [3.05, 3.63) is 39.6 Å². The van der Waals surface area contributed by atoms with Crippen molar-refractivity contribution < 1.29 is 9.53 Å². The molecule has 18 heavy (non-hydrogen) atoms. The van der Waals surface area contributed by atoms with Crippen molar-refractivity contribution in [2.75, 3.05) is 12.4 Å². The van der Waals surface area contributed by atoms with E-state index in [0.29, 0.717) is 17.9 Å². The average molecular weight is 357 g/mol. The van der Waals surface area contributed by atoms with Gasteiger partial charge in [-0.15, -0.1) is 0 Å². The van der Waals surface area contributed by atoms with E-state index >= 15 is 0 Å². The summed E-state index contributed by atoms with van der Waals surface area (Å²) in [5, 5.41) is 4.11. The molecule has 1 aromatic heterocycles. The highest BCUT2D eigenvalue weighted by Gasteiger charge is 2.18. The Hall–Kier alpha value is -1.57. The van der Waals surface area contributed by atoms with Crippen LogP contribution in [-0.4, -0.2) is 22.5 Å². The van der Waals surface area contributed by atoms with Crippen LogP contribution in [0, 0.1) is 3.57 Å². The molecule has 0 saturated carbocycles. The van der Waals surface area contributed by atoms with Crippen molar-refractivity contribution >= 4 is 28.6 Å². The van der Waals surface area contributed by atoms with E-state index in [-0.39, 0.29) is 0 Å². The maximum atomic E-state index is 11.8. The fraction of sp³-hybridized carbons (Fsp3) is 0.167. The summed E-state index contributed by atoms with van der Waals surface area (Å²) in [5.74, 6) is 5.16. The van der Waals surface area contributed by atoms with Gasteiger partial charge in [-0.25, -0.2) is 4.79 Å². The molecule has 0 fully saturated rings. The molecule has 0 unspecified atom stereocenters. The lowest BCUT2D eigenvalue weighted by Gasteiger charge is -2.02. The number of nitrogens with zero attached hydrogens (tertiary/aromatic N) is 2. The van der Waals surface area contributed by atoms with Gasteiger partial charge in [0.2, 0.25) is 0 Å². The Kier molecular flexibility index (Phi) is 3.85.